The Balaban J connectivity index is 1.83. The molecule has 6 heteroatoms. The van der Waals surface area contributed by atoms with Gasteiger partial charge in [0.05, 0.1) is 13.0 Å². The Bertz CT molecular complexity index is 650. The minimum atomic E-state index is -0.156. The van der Waals surface area contributed by atoms with Gasteiger partial charge in [-0.25, -0.2) is 0 Å². The molecule has 0 radical (unpaired) electrons. The average molecular weight is 272 g/mol. The fourth-order valence-corrected chi connectivity index (χ4v) is 2.57. The van der Waals surface area contributed by atoms with Crippen molar-refractivity contribution < 1.29 is 9.53 Å². The van der Waals surface area contributed by atoms with Gasteiger partial charge in [0.2, 0.25) is 11.9 Å². The summed E-state index contributed by atoms with van der Waals surface area (Å²) in [6.07, 6.45) is 3.28. The third-order valence-electron chi connectivity index (χ3n) is 3.69. The SMILES string of the molecule is COc1ccc2c(c1)[C@H](C(=O)Nc1nncn1C)CC2. The summed E-state index contributed by atoms with van der Waals surface area (Å²) >= 11 is 0. The summed E-state index contributed by atoms with van der Waals surface area (Å²) in [4.78, 5) is 12.4. The van der Waals surface area contributed by atoms with Gasteiger partial charge in [0, 0.05) is 7.05 Å². The van der Waals surface area contributed by atoms with Crippen LogP contribution in [-0.2, 0) is 18.3 Å². The van der Waals surface area contributed by atoms with E-state index < -0.39 is 0 Å². The van der Waals surface area contributed by atoms with Gasteiger partial charge in [-0.1, -0.05) is 6.07 Å². The second kappa shape index (κ2) is 4.96. The van der Waals surface area contributed by atoms with Crippen LogP contribution in [0.5, 0.6) is 5.75 Å². The molecule has 1 atom stereocenters. The molecule has 2 aromatic rings. The Morgan fingerprint density at radius 2 is 2.35 bits per heavy atom. The zero-order valence-corrected chi connectivity index (χ0v) is 11.5. The van der Waals surface area contributed by atoms with E-state index in [0.29, 0.717) is 5.95 Å². The van der Waals surface area contributed by atoms with Crippen molar-refractivity contribution in [3.05, 3.63) is 35.7 Å². The van der Waals surface area contributed by atoms with E-state index in [2.05, 4.69) is 15.5 Å². The normalized spacial score (nSPS) is 16.8. The van der Waals surface area contributed by atoms with Gasteiger partial charge >= 0.3 is 0 Å². The van der Waals surface area contributed by atoms with Crippen LogP contribution in [0, 0.1) is 0 Å². The molecule has 0 unspecified atom stereocenters. The van der Waals surface area contributed by atoms with Crippen molar-refractivity contribution in [2.24, 2.45) is 7.05 Å². The molecule has 0 fully saturated rings. The molecule has 3 rings (SSSR count). The van der Waals surface area contributed by atoms with Gasteiger partial charge < -0.3 is 9.30 Å². The predicted molar refractivity (Wildman–Crippen MR) is 73.7 cm³/mol. The van der Waals surface area contributed by atoms with Crippen LogP contribution in [0.15, 0.2) is 24.5 Å². The lowest BCUT2D eigenvalue weighted by Gasteiger charge is -2.12. The van der Waals surface area contributed by atoms with Crippen LogP contribution >= 0.6 is 0 Å². The van der Waals surface area contributed by atoms with E-state index in [-0.39, 0.29) is 11.8 Å². The highest BCUT2D eigenvalue weighted by Crippen LogP contribution is 2.36. The fraction of sp³-hybridized carbons (Fsp3) is 0.357. The summed E-state index contributed by atoms with van der Waals surface area (Å²) < 4.78 is 6.91. The number of ether oxygens (including phenoxy) is 1. The van der Waals surface area contributed by atoms with Gasteiger partial charge in [-0.05, 0) is 36.1 Å². The molecule has 0 spiro atoms. The number of carbonyl (C=O) groups excluding carboxylic acids is 1. The molecule has 104 valence electrons. The van der Waals surface area contributed by atoms with E-state index in [1.807, 2.05) is 18.2 Å². The van der Waals surface area contributed by atoms with Crippen molar-refractivity contribution in [1.29, 1.82) is 0 Å². The van der Waals surface area contributed by atoms with Gasteiger partial charge in [0.25, 0.3) is 0 Å². The molecule has 1 N–H and O–H groups in total. The third-order valence-corrected chi connectivity index (χ3v) is 3.69. The number of carbonyl (C=O) groups is 1. The molecule has 1 heterocycles. The Labute approximate surface area is 116 Å². The molecule has 1 amide bonds. The lowest BCUT2D eigenvalue weighted by atomic mass is 10.0. The second-order valence-electron chi connectivity index (χ2n) is 4.91. The van der Waals surface area contributed by atoms with Crippen molar-refractivity contribution in [2.75, 3.05) is 12.4 Å². The molecule has 1 aliphatic rings. The number of nitrogens with zero attached hydrogens (tertiary/aromatic N) is 3. The zero-order valence-electron chi connectivity index (χ0n) is 11.5. The molecule has 1 aliphatic carbocycles. The molecule has 20 heavy (non-hydrogen) atoms. The molecule has 0 aliphatic heterocycles. The Kier molecular flexibility index (Phi) is 3.14. The lowest BCUT2D eigenvalue weighted by molar-refractivity contribution is -0.117. The number of benzene rings is 1. The topological polar surface area (TPSA) is 69.0 Å². The number of aromatic nitrogens is 3. The summed E-state index contributed by atoms with van der Waals surface area (Å²) in [6.45, 7) is 0. The van der Waals surface area contributed by atoms with Gasteiger partial charge in [0.1, 0.15) is 12.1 Å². The highest BCUT2D eigenvalue weighted by atomic mass is 16.5. The Morgan fingerprint density at radius 3 is 3.05 bits per heavy atom. The van der Waals surface area contributed by atoms with Gasteiger partial charge in [0.15, 0.2) is 0 Å². The van der Waals surface area contributed by atoms with Crippen LogP contribution in [0.3, 0.4) is 0 Å². The summed E-state index contributed by atoms with van der Waals surface area (Å²) in [7, 11) is 3.42. The third kappa shape index (κ3) is 2.13. The second-order valence-corrected chi connectivity index (χ2v) is 4.91. The Hall–Kier alpha value is -2.37. The van der Waals surface area contributed by atoms with Crippen LogP contribution in [0.25, 0.3) is 0 Å². The summed E-state index contributed by atoms with van der Waals surface area (Å²) in [5, 5.41) is 10.4. The van der Waals surface area contributed by atoms with Gasteiger partial charge in [-0.15, -0.1) is 10.2 Å². The van der Waals surface area contributed by atoms with Crippen LogP contribution in [0.2, 0.25) is 0 Å². The minimum absolute atomic E-state index is 0.0481. The van der Waals surface area contributed by atoms with Crippen molar-refractivity contribution in [1.82, 2.24) is 14.8 Å². The number of hydrogen-bond acceptors (Lipinski definition) is 4. The molecular formula is C14H16N4O2. The van der Waals surface area contributed by atoms with Crippen LogP contribution in [-0.4, -0.2) is 27.8 Å². The van der Waals surface area contributed by atoms with E-state index in [1.165, 1.54) is 5.56 Å². The van der Waals surface area contributed by atoms with Gasteiger partial charge in [-0.3, -0.25) is 10.1 Å². The number of hydrogen-bond donors (Lipinski definition) is 1. The smallest absolute Gasteiger partial charge is 0.234 e. The number of methoxy groups -OCH3 is 1. The highest BCUT2D eigenvalue weighted by Gasteiger charge is 2.29. The average Bonchev–Trinajstić information content (AvgIpc) is 3.04. The number of aryl methyl sites for hydroxylation is 2. The first-order valence-corrected chi connectivity index (χ1v) is 6.50. The minimum Gasteiger partial charge on any atom is -0.497 e. The first-order valence-electron chi connectivity index (χ1n) is 6.50. The van der Waals surface area contributed by atoms with Crippen LogP contribution in [0.1, 0.15) is 23.5 Å². The van der Waals surface area contributed by atoms with Crippen LogP contribution in [0.4, 0.5) is 5.95 Å². The number of fused-ring (bicyclic) bond motifs is 1. The molecule has 6 nitrogen and oxygen atoms in total. The fourth-order valence-electron chi connectivity index (χ4n) is 2.57. The molecule has 0 saturated heterocycles. The van der Waals surface area contributed by atoms with Crippen molar-refractivity contribution in [3.8, 4) is 5.75 Å². The predicted octanol–water partition coefficient (Wildman–Crippen LogP) is 1.49. The van der Waals surface area contributed by atoms with E-state index in [1.54, 1.807) is 25.1 Å². The van der Waals surface area contributed by atoms with E-state index in [9.17, 15) is 4.79 Å². The quantitative estimate of drug-likeness (QED) is 0.919. The number of nitrogens with one attached hydrogen (secondary N) is 1. The maximum absolute atomic E-state index is 12.4. The molecule has 0 bridgehead atoms. The molecular weight excluding hydrogens is 256 g/mol. The number of rotatable bonds is 3. The summed E-state index contributed by atoms with van der Waals surface area (Å²) in [5.74, 6) is 1.04. The maximum Gasteiger partial charge on any atom is 0.234 e. The lowest BCUT2D eigenvalue weighted by Crippen LogP contribution is -2.21. The molecule has 1 aromatic carbocycles. The van der Waals surface area contributed by atoms with Crippen molar-refractivity contribution >= 4 is 11.9 Å². The monoisotopic (exact) mass is 272 g/mol. The van der Waals surface area contributed by atoms with Gasteiger partial charge in [-0.2, -0.15) is 0 Å². The van der Waals surface area contributed by atoms with E-state index in [0.717, 1.165) is 24.2 Å². The largest absolute Gasteiger partial charge is 0.497 e. The summed E-state index contributed by atoms with van der Waals surface area (Å²) in [6, 6.07) is 5.91. The zero-order chi connectivity index (χ0) is 14.1. The Morgan fingerprint density at radius 1 is 1.50 bits per heavy atom. The van der Waals surface area contributed by atoms with Crippen molar-refractivity contribution in [2.45, 2.75) is 18.8 Å². The van der Waals surface area contributed by atoms with Crippen molar-refractivity contribution in [3.63, 3.8) is 0 Å². The van der Waals surface area contributed by atoms with E-state index in [4.69, 9.17) is 4.74 Å². The summed E-state index contributed by atoms with van der Waals surface area (Å²) in [5.41, 5.74) is 2.26. The standard InChI is InChI=1S/C14H16N4O2/c1-18-8-15-17-14(18)16-13(19)11-6-4-9-3-5-10(20-2)7-12(9)11/h3,5,7-8,11H,4,6H2,1-2H3,(H,16,17,19)/t11-/m1/s1. The molecule has 1 aromatic heterocycles. The highest BCUT2D eigenvalue weighted by molar-refractivity contribution is 5.95. The first kappa shape index (κ1) is 12.7. The number of amides is 1. The number of anilines is 1. The molecule has 0 saturated carbocycles. The first-order chi connectivity index (χ1) is 9.69. The maximum atomic E-state index is 12.4. The van der Waals surface area contributed by atoms with E-state index >= 15 is 0 Å². The van der Waals surface area contributed by atoms with Crippen LogP contribution < -0.4 is 10.1 Å².